The second-order valence-corrected chi connectivity index (χ2v) is 9.88. The van der Waals surface area contributed by atoms with E-state index in [1.807, 2.05) is 12.1 Å². The zero-order valence-electron chi connectivity index (χ0n) is 7.96. The second kappa shape index (κ2) is 3.31. The highest BCUT2D eigenvalue weighted by atomic mass is 28.3. The molecule has 0 radical (unpaired) electrons. The number of benzene rings is 1. The van der Waals surface area contributed by atoms with E-state index in [0.29, 0.717) is 5.75 Å². The quantitative estimate of drug-likeness (QED) is 0.694. The number of hydrogen-bond donors (Lipinski definition) is 1. The molecule has 12 heavy (non-hydrogen) atoms. The zero-order valence-corrected chi connectivity index (χ0v) is 8.96. The second-order valence-electron chi connectivity index (χ2n) is 4.41. The standard InChI is InChI=1S/C10H16OSi/c1-12(2,3)8-9-5-4-6-10(11)7-9/h4-7,11H,8H2,1-3H3. The molecule has 0 saturated heterocycles. The van der Waals surface area contributed by atoms with Crippen molar-refractivity contribution in [3.8, 4) is 5.75 Å². The molecule has 0 atom stereocenters. The molecule has 1 aromatic rings. The highest BCUT2D eigenvalue weighted by Crippen LogP contribution is 2.15. The van der Waals surface area contributed by atoms with Crippen LogP contribution in [0.5, 0.6) is 5.75 Å². The summed E-state index contributed by atoms with van der Waals surface area (Å²) >= 11 is 0. The van der Waals surface area contributed by atoms with Gasteiger partial charge < -0.3 is 5.11 Å². The van der Waals surface area contributed by atoms with Gasteiger partial charge in [-0.15, -0.1) is 0 Å². The molecule has 1 aromatic carbocycles. The maximum absolute atomic E-state index is 9.23. The predicted octanol–water partition coefficient (Wildman–Crippen LogP) is 2.81. The van der Waals surface area contributed by atoms with Crippen LogP contribution in [0.15, 0.2) is 24.3 Å². The van der Waals surface area contributed by atoms with E-state index >= 15 is 0 Å². The van der Waals surface area contributed by atoms with Gasteiger partial charge in [0.15, 0.2) is 0 Å². The predicted molar refractivity (Wildman–Crippen MR) is 55.2 cm³/mol. The van der Waals surface area contributed by atoms with E-state index in [9.17, 15) is 5.11 Å². The lowest BCUT2D eigenvalue weighted by Gasteiger charge is -2.15. The zero-order chi connectivity index (χ0) is 9.19. The maximum Gasteiger partial charge on any atom is 0.115 e. The lowest BCUT2D eigenvalue weighted by molar-refractivity contribution is 0.475. The van der Waals surface area contributed by atoms with Crippen LogP contribution in [0.3, 0.4) is 0 Å². The average Bonchev–Trinajstić information content (AvgIpc) is 1.82. The van der Waals surface area contributed by atoms with Gasteiger partial charge in [-0.3, -0.25) is 0 Å². The summed E-state index contributed by atoms with van der Waals surface area (Å²) < 4.78 is 0. The van der Waals surface area contributed by atoms with Crippen molar-refractivity contribution < 1.29 is 5.11 Å². The smallest absolute Gasteiger partial charge is 0.115 e. The molecule has 0 heterocycles. The third-order valence-corrected chi connectivity index (χ3v) is 3.11. The molecule has 0 spiro atoms. The van der Waals surface area contributed by atoms with Crippen LogP contribution in [-0.2, 0) is 6.04 Å². The van der Waals surface area contributed by atoms with E-state index in [1.54, 1.807) is 6.07 Å². The van der Waals surface area contributed by atoms with Crippen LogP contribution < -0.4 is 0 Å². The molecule has 2 heteroatoms. The molecule has 1 nitrogen and oxygen atoms in total. The van der Waals surface area contributed by atoms with Crippen molar-refractivity contribution in [3.63, 3.8) is 0 Å². The van der Waals surface area contributed by atoms with Gasteiger partial charge in [0.25, 0.3) is 0 Å². The Morgan fingerprint density at radius 1 is 1.25 bits per heavy atom. The Hall–Kier alpha value is -0.763. The SMILES string of the molecule is C[Si](C)(C)Cc1cccc(O)c1. The average molecular weight is 180 g/mol. The van der Waals surface area contributed by atoms with Crippen molar-refractivity contribution in [1.29, 1.82) is 0 Å². The van der Waals surface area contributed by atoms with Crippen LogP contribution in [0.25, 0.3) is 0 Å². The maximum atomic E-state index is 9.23. The lowest BCUT2D eigenvalue weighted by Crippen LogP contribution is -2.23. The molecule has 66 valence electrons. The molecule has 0 amide bonds. The number of rotatable bonds is 2. The Morgan fingerprint density at radius 3 is 2.42 bits per heavy atom. The Bertz CT molecular complexity index is 263. The molecule has 0 aliphatic heterocycles. The van der Waals surface area contributed by atoms with Crippen molar-refractivity contribution in [3.05, 3.63) is 29.8 Å². The van der Waals surface area contributed by atoms with Gasteiger partial charge in [-0.1, -0.05) is 31.8 Å². The number of phenols is 1. The normalized spacial score (nSPS) is 11.6. The van der Waals surface area contributed by atoms with Crippen LogP contribution in [0, 0.1) is 0 Å². The van der Waals surface area contributed by atoms with E-state index in [2.05, 4.69) is 25.7 Å². The highest BCUT2D eigenvalue weighted by molar-refractivity contribution is 6.75. The van der Waals surface area contributed by atoms with Crippen LogP contribution >= 0.6 is 0 Å². The van der Waals surface area contributed by atoms with Crippen molar-refractivity contribution in [2.75, 3.05) is 0 Å². The van der Waals surface area contributed by atoms with Gasteiger partial charge in [-0.2, -0.15) is 0 Å². The number of hydrogen-bond acceptors (Lipinski definition) is 1. The summed E-state index contributed by atoms with van der Waals surface area (Å²) in [4.78, 5) is 0. The highest BCUT2D eigenvalue weighted by Gasteiger charge is 2.13. The fourth-order valence-electron chi connectivity index (χ4n) is 1.28. The first-order valence-corrected chi connectivity index (χ1v) is 7.96. The summed E-state index contributed by atoms with van der Waals surface area (Å²) in [5.41, 5.74) is 1.26. The Balaban J connectivity index is 2.77. The molecule has 0 aliphatic carbocycles. The summed E-state index contributed by atoms with van der Waals surface area (Å²) in [5.74, 6) is 0.380. The van der Waals surface area contributed by atoms with Crippen molar-refractivity contribution in [2.24, 2.45) is 0 Å². The fourth-order valence-corrected chi connectivity index (χ4v) is 2.72. The molecular weight excluding hydrogens is 164 g/mol. The minimum atomic E-state index is -1.03. The van der Waals surface area contributed by atoms with E-state index < -0.39 is 8.07 Å². The monoisotopic (exact) mass is 180 g/mol. The molecule has 0 bridgehead atoms. The van der Waals surface area contributed by atoms with Gasteiger partial charge in [0.2, 0.25) is 0 Å². The van der Waals surface area contributed by atoms with Gasteiger partial charge >= 0.3 is 0 Å². The topological polar surface area (TPSA) is 20.2 Å². The summed E-state index contributed by atoms with van der Waals surface area (Å²) in [6.07, 6.45) is 0. The van der Waals surface area contributed by atoms with E-state index in [4.69, 9.17) is 0 Å². The molecule has 0 fully saturated rings. The summed E-state index contributed by atoms with van der Waals surface area (Å²) in [6.45, 7) is 6.99. The molecule has 1 N–H and O–H groups in total. The van der Waals surface area contributed by atoms with Crippen LogP contribution in [0.1, 0.15) is 5.56 Å². The van der Waals surface area contributed by atoms with E-state index in [0.717, 1.165) is 6.04 Å². The van der Waals surface area contributed by atoms with E-state index in [1.165, 1.54) is 5.56 Å². The lowest BCUT2D eigenvalue weighted by atomic mass is 10.2. The summed E-state index contributed by atoms with van der Waals surface area (Å²) in [7, 11) is -1.03. The summed E-state index contributed by atoms with van der Waals surface area (Å²) in [5, 5.41) is 9.23. The van der Waals surface area contributed by atoms with Crippen molar-refractivity contribution in [1.82, 2.24) is 0 Å². The molecule has 0 aliphatic rings. The molecule has 0 aromatic heterocycles. The van der Waals surface area contributed by atoms with Gasteiger partial charge in [0.05, 0.1) is 0 Å². The minimum Gasteiger partial charge on any atom is -0.508 e. The van der Waals surface area contributed by atoms with E-state index in [-0.39, 0.29) is 0 Å². The van der Waals surface area contributed by atoms with Gasteiger partial charge in [0, 0.05) is 8.07 Å². The Labute approximate surface area is 75.1 Å². The van der Waals surface area contributed by atoms with Crippen LogP contribution in [-0.4, -0.2) is 13.2 Å². The third kappa shape index (κ3) is 3.09. The first-order chi connectivity index (χ1) is 5.47. The van der Waals surface area contributed by atoms with Crippen LogP contribution in [0.4, 0.5) is 0 Å². The first-order valence-electron chi connectivity index (χ1n) is 4.25. The fraction of sp³-hybridized carbons (Fsp3) is 0.400. The molecule has 0 unspecified atom stereocenters. The van der Waals surface area contributed by atoms with Crippen molar-refractivity contribution >= 4 is 8.07 Å². The minimum absolute atomic E-state index is 0.380. The Kier molecular flexibility index (Phi) is 2.57. The third-order valence-electron chi connectivity index (χ3n) is 1.65. The van der Waals surface area contributed by atoms with Crippen molar-refractivity contribution in [2.45, 2.75) is 25.7 Å². The molecule has 1 rings (SSSR count). The molecule has 0 saturated carbocycles. The number of phenolic OH excluding ortho intramolecular Hbond substituents is 1. The number of aromatic hydroxyl groups is 1. The first kappa shape index (κ1) is 9.33. The van der Waals surface area contributed by atoms with Crippen LogP contribution in [0.2, 0.25) is 19.6 Å². The summed E-state index contributed by atoms with van der Waals surface area (Å²) in [6, 6.07) is 8.70. The molecular formula is C10H16OSi. The largest absolute Gasteiger partial charge is 0.508 e. The Morgan fingerprint density at radius 2 is 1.92 bits per heavy atom. The van der Waals surface area contributed by atoms with Gasteiger partial charge in [-0.05, 0) is 23.7 Å². The van der Waals surface area contributed by atoms with Gasteiger partial charge in [-0.25, -0.2) is 0 Å². The van der Waals surface area contributed by atoms with Gasteiger partial charge in [0.1, 0.15) is 5.75 Å².